The van der Waals surface area contributed by atoms with E-state index in [0.717, 1.165) is 29.9 Å². The summed E-state index contributed by atoms with van der Waals surface area (Å²) in [7, 11) is 0. The van der Waals surface area contributed by atoms with E-state index in [0.29, 0.717) is 0 Å². The Morgan fingerprint density at radius 3 is 2.53 bits per heavy atom. The maximum atomic E-state index is 13.0. The van der Waals surface area contributed by atoms with Crippen LogP contribution in [0.3, 0.4) is 0 Å². The first kappa shape index (κ1) is 12.2. The van der Waals surface area contributed by atoms with Gasteiger partial charge in [-0.25, -0.2) is 4.39 Å². The summed E-state index contributed by atoms with van der Waals surface area (Å²) >= 11 is 0. The first-order chi connectivity index (χ1) is 9.07. The van der Waals surface area contributed by atoms with Crippen LogP contribution in [-0.4, -0.2) is 6.61 Å². The molecule has 1 atom stereocenters. The van der Waals surface area contributed by atoms with Crippen molar-refractivity contribution in [1.82, 2.24) is 0 Å². The molecule has 0 aliphatic carbocycles. The molecule has 3 heteroatoms. The zero-order chi connectivity index (χ0) is 13.5. The van der Waals surface area contributed by atoms with Gasteiger partial charge in [-0.3, -0.25) is 0 Å². The highest BCUT2D eigenvalue weighted by Gasteiger charge is 2.25. The number of nitrogens with two attached hydrogens (primary N) is 1. The van der Waals surface area contributed by atoms with Crippen molar-refractivity contribution in [2.75, 3.05) is 6.61 Å². The Bertz CT molecular complexity index is 605. The SMILES string of the molecule is CC(N)(c1ccc(F)cc1)c1ccc2c(c1)CCO2. The van der Waals surface area contributed by atoms with Crippen LogP contribution >= 0.6 is 0 Å². The van der Waals surface area contributed by atoms with Gasteiger partial charge in [-0.2, -0.15) is 0 Å². The molecule has 0 amide bonds. The molecular weight excluding hydrogens is 241 g/mol. The fraction of sp³-hybridized carbons (Fsp3) is 0.250. The Labute approximate surface area is 112 Å². The quantitative estimate of drug-likeness (QED) is 0.897. The number of benzene rings is 2. The van der Waals surface area contributed by atoms with Gasteiger partial charge in [0.05, 0.1) is 12.1 Å². The van der Waals surface area contributed by atoms with Gasteiger partial charge in [0.15, 0.2) is 0 Å². The van der Waals surface area contributed by atoms with Crippen LogP contribution in [0.25, 0.3) is 0 Å². The average molecular weight is 257 g/mol. The van der Waals surface area contributed by atoms with Gasteiger partial charge < -0.3 is 10.5 Å². The van der Waals surface area contributed by atoms with Crippen LogP contribution in [0.15, 0.2) is 42.5 Å². The fourth-order valence-electron chi connectivity index (χ4n) is 2.47. The molecule has 1 heterocycles. The van der Waals surface area contributed by atoms with Crippen molar-refractivity contribution in [3.63, 3.8) is 0 Å². The van der Waals surface area contributed by atoms with Crippen LogP contribution in [0.1, 0.15) is 23.6 Å². The number of fused-ring (bicyclic) bond motifs is 1. The third-order valence-electron chi connectivity index (χ3n) is 3.73. The van der Waals surface area contributed by atoms with Gasteiger partial charge in [0, 0.05) is 6.42 Å². The monoisotopic (exact) mass is 257 g/mol. The maximum Gasteiger partial charge on any atom is 0.123 e. The third kappa shape index (κ3) is 2.10. The van der Waals surface area contributed by atoms with Crippen molar-refractivity contribution in [2.45, 2.75) is 18.9 Å². The summed E-state index contributed by atoms with van der Waals surface area (Å²) in [6.07, 6.45) is 0.919. The molecule has 0 aromatic heterocycles. The largest absolute Gasteiger partial charge is 0.493 e. The van der Waals surface area contributed by atoms with Crippen LogP contribution in [0.5, 0.6) is 5.75 Å². The predicted octanol–water partition coefficient (Wildman–Crippen LogP) is 2.98. The molecule has 2 N–H and O–H groups in total. The molecule has 0 spiro atoms. The van der Waals surface area contributed by atoms with Crippen LogP contribution in [0.2, 0.25) is 0 Å². The summed E-state index contributed by atoms with van der Waals surface area (Å²) in [5, 5.41) is 0. The highest BCUT2D eigenvalue weighted by Crippen LogP contribution is 2.32. The van der Waals surface area contributed by atoms with Crippen molar-refractivity contribution in [3.05, 3.63) is 65.0 Å². The number of rotatable bonds is 2. The minimum Gasteiger partial charge on any atom is -0.493 e. The maximum absolute atomic E-state index is 13.0. The molecule has 0 fully saturated rings. The first-order valence-electron chi connectivity index (χ1n) is 6.38. The van der Waals surface area contributed by atoms with Crippen molar-refractivity contribution < 1.29 is 9.13 Å². The molecule has 0 saturated carbocycles. The molecule has 2 nitrogen and oxygen atoms in total. The Morgan fingerprint density at radius 1 is 1.11 bits per heavy atom. The van der Waals surface area contributed by atoms with Gasteiger partial charge in [0.1, 0.15) is 11.6 Å². The van der Waals surface area contributed by atoms with E-state index >= 15 is 0 Å². The normalized spacial score (nSPS) is 16.6. The van der Waals surface area contributed by atoms with Crippen molar-refractivity contribution in [1.29, 1.82) is 0 Å². The fourth-order valence-corrected chi connectivity index (χ4v) is 2.47. The van der Waals surface area contributed by atoms with Crippen LogP contribution in [0, 0.1) is 5.82 Å². The van der Waals surface area contributed by atoms with E-state index in [-0.39, 0.29) is 5.82 Å². The van der Waals surface area contributed by atoms with E-state index in [1.165, 1.54) is 17.7 Å². The standard InChI is InChI=1S/C16H16FNO/c1-16(18,12-2-5-14(17)6-3-12)13-4-7-15-11(10-13)8-9-19-15/h2-7,10H,8-9,18H2,1H3. The van der Waals surface area contributed by atoms with Crippen molar-refractivity contribution in [2.24, 2.45) is 5.73 Å². The average Bonchev–Trinajstić information content (AvgIpc) is 2.86. The molecule has 2 aromatic carbocycles. The van der Waals surface area contributed by atoms with Gasteiger partial charge in [-0.05, 0) is 47.9 Å². The first-order valence-corrected chi connectivity index (χ1v) is 6.38. The topological polar surface area (TPSA) is 35.2 Å². The Kier molecular flexibility index (Phi) is 2.79. The predicted molar refractivity (Wildman–Crippen MR) is 72.7 cm³/mol. The lowest BCUT2D eigenvalue weighted by Crippen LogP contribution is -2.34. The second-order valence-electron chi connectivity index (χ2n) is 5.13. The minimum absolute atomic E-state index is 0.248. The minimum atomic E-state index is -0.634. The van der Waals surface area contributed by atoms with Crippen LogP contribution in [0.4, 0.5) is 4.39 Å². The second-order valence-corrected chi connectivity index (χ2v) is 5.13. The highest BCUT2D eigenvalue weighted by atomic mass is 19.1. The smallest absolute Gasteiger partial charge is 0.123 e. The zero-order valence-corrected chi connectivity index (χ0v) is 10.8. The summed E-state index contributed by atoms with van der Waals surface area (Å²) in [6, 6.07) is 12.4. The Balaban J connectivity index is 2.02. The lowest BCUT2D eigenvalue weighted by Gasteiger charge is -2.26. The van der Waals surface area contributed by atoms with Crippen LogP contribution < -0.4 is 10.5 Å². The van der Waals surface area contributed by atoms with E-state index in [2.05, 4.69) is 6.07 Å². The van der Waals surface area contributed by atoms with Crippen molar-refractivity contribution in [3.8, 4) is 5.75 Å². The Morgan fingerprint density at radius 2 is 1.79 bits per heavy atom. The molecule has 0 radical (unpaired) electrons. The van der Waals surface area contributed by atoms with E-state index < -0.39 is 5.54 Å². The Hall–Kier alpha value is -1.87. The lowest BCUT2D eigenvalue weighted by atomic mass is 9.85. The second kappa shape index (κ2) is 4.35. The number of ether oxygens (including phenoxy) is 1. The molecular formula is C16H16FNO. The lowest BCUT2D eigenvalue weighted by molar-refractivity contribution is 0.356. The molecule has 1 aliphatic rings. The zero-order valence-electron chi connectivity index (χ0n) is 10.8. The van der Waals surface area contributed by atoms with Gasteiger partial charge in [0.25, 0.3) is 0 Å². The van der Waals surface area contributed by atoms with E-state index in [1.54, 1.807) is 12.1 Å². The molecule has 2 aromatic rings. The van der Waals surface area contributed by atoms with E-state index in [9.17, 15) is 4.39 Å². The summed E-state index contributed by atoms with van der Waals surface area (Å²) < 4.78 is 18.5. The molecule has 98 valence electrons. The summed E-state index contributed by atoms with van der Waals surface area (Å²) in [4.78, 5) is 0. The van der Waals surface area contributed by atoms with Crippen LogP contribution in [-0.2, 0) is 12.0 Å². The molecule has 0 bridgehead atoms. The molecule has 0 saturated heterocycles. The molecule has 1 aliphatic heterocycles. The van der Waals surface area contributed by atoms with Gasteiger partial charge in [-0.1, -0.05) is 18.2 Å². The summed E-state index contributed by atoms with van der Waals surface area (Å²) in [6.45, 7) is 2.67. The molecule has 19 heavy (non-hydrogen) atoms. The third-order valence-corrected chi connectivity index (χ3v) is 3.73. The molecule has 1 unspecified atom stereocenters. The van der Waals surface area contributed by atoms with E-state index in [1.807, 2.05) is 19.1 Å². The van der Waals surface area contributed by atoms with Gasteiger partial charge >= 0.3 is 0 Å². The summed E-state index contributed by atoms with van der Waals surface area (Å²) in [5.74, 6) is 0.695. The van der Waals surface area contributed by atoms with Gasteiger partial charge in [-0.15, -0.1) is 0 Å². The number of halogens is 1. The van der Waals surface area contributed by atoms with Gasteiger partial charge in [0.2, 0.25) is 0 Å². The molecule has 3 rings (SSSR count). The highest BCUT2D eigenvalue weighted by molar-refractivity contribution is 5.45. The van der Waals surface area contributed by atoms with E-state index in [4.69, 9.17) is 10.5 Å². The number of hydrogen-bond acceptors (Lipinski definition) is 2. The summed E-state index contributed by atoms with van der Waals surface area (Å²) in [5.41, 5.74) is 8.91. The van der Waals surface area contributed by atoms with Crippen molar-refractivity contribution >= 4 is 0 Å². The number of hydrogen-bond donors (Lipinski definition) is 1.